The summed E-state index contributed by atoms with van der Waals surface area (Å²) in [5, 5.41) is 8.75. The van der Waals surface area contributed by atoms with Crippen LogP contribution in [-0.2, 0) is 16.6 Å². The highest BCUT2D eigenvalue weighted by Gasteiger charge is 2.41. The van der Waals surface area contributed by atoms with Crippen LogP contribution in [0.3, 0.4) is 0 Å². The molecule has 1 aliphatic rings. The van der Waals surface area contributed by atoms with Crippen LogP contribution < -0.4 is 4.74 Å². The maximum atomic E-state index is 6.15. The summed E-state index contributed by atoms with van der Waals surface area (Å²) in [4.78, 5) is 0. The lowest BCUT2D eigenvalue weighted by Gasteiger charge is -2.34. The maximum Gasteiger partial charge on any atom is 0.227 e. The molecule has 134 valence electrons. The van der Waals surface area contributed by atoms with Crippen molar-refractivity contribution in [3.8, 4) is 5.75 Å². The molecule has 0 unspecified atom stereocenters. The number of hydrogen-bond acceptors (Lipinski definition) is 5. The third-order valence-corrected chi connectivity index (χ3v) is 5.08. The molecule has 0 aliphatic carbocycles. The number of hydrogen-bond donors (Lipinski definition) is 0. The van der Waals surface area contributed by atoms with E-state index < -0.39 is 0 Å². The van der Waals surface area contributed by atoms with Gasteiger partial charge in [0.15, 0.2) is 0 Å². The summed E-state index contributed by atoms with van der Waals surface area (Å²) in [5.41, 5.74) is 1.97. The third-order valence-electron chi connectivity index (χ3n) is 5.08. The second-order valence-corrected chi connectivity index (χ2v) is 6.55. The van der Waals surface area contributed by atoms with E-state index in [-0.39, 0.29) is 5.41 Å². The summed E-state index contributed by atoms with van der Waals surface area (Å²) in [7, 11) is 1.67. The van der Waals surface area contributed by atoms with E-state index in [2.05, 4.69) is 34.5 Å². The highest BCUT2D eigenvalue weighted by atomic mass is 16.5. The zero-order valence-electron chi connectivity index (χ0n) is 14.9. The molecule has 0 atom stereocenters. The molecule has 1 fully saturated rings. The summed E-state index contributed by atoms with van der Waals surface area (Å²) in [6, 6.07) is 18.3. The van der Waals surface area contributed by atoms with Gasteiger partial charge in [0.25, 0.3) is 0 Å². The van der Waals surface area contributed by atoms with Gasteiger partial charge in [-0.05, 0) is 24.5 Å². The highest BCUT2D eigenvalue weighted by molar-refractivity contribution is 5.35. The van der Waals surface area contributed by atoms with Gasteiger partial charge in [-0.1, -0.05) is 48.5 Å². The van der Waals surface area contributed by atoms with E-state index in [1.807, 2.05) is 30.3 Å². The molecule has 1 aliphatic heterocycles. The van der Waals surface area contributed by atoms with Crippen molar-refractivity contribution in [2.24, 2.45) is 0 Å². The Morgan fingerprint density at radius 2 is 1.69 bits per heavy atom. The Balaban J connectivity index is 1.67. The number of para-hydroxylation sites is 1. The zero-order chi connectivity index (χ0) is 17.8. The molecule has 2 aromatic carbocycles. The van der Waals surface area contributed by atoms with E-state index >= 15 is 0 Å². The molecule has 5 nitrogen and oxygen atoms in total. The summed E-state index contributed by atoms with van der Waals surface area (Å²) in [6.45, 7) is 1.39. The van der Waals surface area contributed by atoms with Crippen molar-refractivity contribution in [1.29, 1.82) is 0 Å². The first kappa shape index (κ1) is 16.8. The van der Waals surface area contributed by atoms with Crippen molar-refractivity contribution in [1.82, 2.24) is 10.2 Å². The predicted octanol–water partition coefficient (Wildman–Crippen LogP) is 3.77. The zero-order valence-corrected chi connectivity index (χ0v) is 14.9. The van der Waals surface area contributed by atoms with Gasteiger partial charge in [0.2, 0.25) is 11.8 Å². The first-order valence-electron chi connectivity index (χ1n) is 8.90. The molecule has 0 N–H and O–H groups in total. The summed E-state index contributed by atoms with van der Waals surface area (Å²) in [5.74, 6) is 2.11. The second-order valence-electron chi connectivity index (χ2n) is 6.55. The largest absolute Gasteiger partial charge is 0.496 e. The topological polar surface area (TPSA) is 57.4 Å². The Hall–Kier alpha value is -2.66. The van der Waals surface area contributed by atoms with Gasteiger partial charge in [-0.2, -0.15) is 0 Å². The molecule has 4 rings (SSSR count). The molecule has 3 aromatic rings. The molecule has 0 saturated carbocycles. The van der Waals surface area contributed by atoms with Gasteiger partial charge in [-0.15, -0.1) is 10.2 Å². The quantitative estimate of drug-likeness (QED) is 0.701. The minimum absolute atomic E-state index is 0.272. The molecule has 26 heavy (non-hydrogen) atoms. The number of ether oxygens (including phenoxy) is 2. The third kappa shape index (κ3) is 3.10. The SMILES string of the molecule is COc1ccccc1Cc1nnc(C2(c3ccccc3)CCOCC2)o1. The second kappa shape index (κ2) is 7.30. The number of methoxy groups -OCH3 is 1. The van der Waals surface area contributed by atoms with Crippen LogP contribution in [0.1, 0.15) is 35.7 Å². The van der Waals surface area contributed by atoms with Gasteiger partial charge in [-0.25, -0.2) is 0 Å². The fraction of sp³-hybridized carbons (Fsp3) is 0.333. The van der Waals surface area contributed by atoms with E-state index in [1.54, 1.807) is 7.11 Å². The fourth-order valence-electron chi connectivity index (χ4n) is 3.63. The molecule has 0 bridgehead atoms. The monoisotopic (exact) mass is 350 g/mol. The molecular weight excluding hydrogens is 328 g/mol. The lowest BCUT2D eigenvalue weighted by molar-refractivity contribution is 0.0541. The Morgan fingerprint density at radius 1 is 0.962 bits per heavy atom. The summed E-state index contributed by atoms with van der Waals surface area (Å²) < 4.78 is 17.2. The Morgan fingerprint density at radius 3 is 2.46 bits per heavy atom. The average Bonchev–Trinajstić information content (AvgIpc) is 3.19. The Bertz CT molecular complexity index is 854. The van der Waals surface area contributed by atoms with E-state index in [4.69, 9.17) is 13.9 Å². The van der Waals surface area contributed by atoms with Crippen LogP contribution in [-0.4, -0.2) is 30.5 Å². The Kier molecular flexibility index (Phi) is 4.71. The first-order chi connectivity index (χ1) is 12.8. The van der Waals surface area contributed by atoms with Gasteiger partial charge in [0, 0.05) is 18.8 Å². The van der Waals surface area contributed by atoms with E-state index in [1.165, 1.54) is 5.56 Å². The van der Waals surface area contributed by atoms with E-state index in [0.29, 0.717) is 31.4 Å². The van der Waals surface area contributed by atoms with Crippen LogP contribution in [0, 0.1) is 0 Å². The standard InChI is InChI=1S/C21H22N2O3/c1-24-18-10-6-5-7-16(18)15-19-22-23-20(26-19)21(11-13-25-14-12-21)17-8-3-2-4-9-17/h2-10H,11-15H2,1H3. The molecule has 0 spiro atoms. The van der Waals surface area contributed by atoms with Crippen molar-refractivity contribution in [2.45, 2.75) is 24.7 Å². The minimum Gasteiger partial charge on any atom is -0.496 e. The summed E-state index contributed by atoms with van der Waals surface area (Å²) >= 11 is 0. The van der Waals surface area contributed by atoms with Crippen LogP contribution in [0.15, 0.2) is 59.0 Å². The first-order valence-corrected chi connectivity index (χ1v) is 8.90. The van der Waals surface area contributed by atoms with E-state index in [9.17, 15) is 0 Å². The normalized spacial score (nSPS) is 16.3. The number of benzene rings is 2. The van der Waals surface area contributed by atoms with Gasteiger partial charge in [0.05, 0.1) is 18.9 Å². The molecule has 1 saturated heterocycles. The molecule has 5 heteroatoms. The molecule has 0 amide bonds. The van der Waals surface area contributed by atoms with Crippen LogP contribution in [0.2, 0.25) is 0 Å². The number of rotatable bonds is 5. The van der Waals surface area contributed by atoms with E-state index in [0.717, 1.165) is 24.2 Å². The van der Waals surface area contributed by atoms with Gasteiger partial charge < -0.3 is 13.9 Å². The van der Waals surface area contributed by atoms with Gasteiger partial charge >= 0.3 is 0 Å². The summed E-state index contributed by atoms with van der Waals surface area (Å²) in [6.07, 6.45) is 2.24. The molecule has 0 radical (unpaired) electrons. The molecule has 2 heterocycles. The van der Waals surface area contributed by atoms with Crippen molar-refractivity contribution in [2.75, 3.05) is 20.3 Å². The fourth-order valence-corrected chi connectivity index (χ4v) is 3.63. The lowest BCUT2D eigenvalue weighted by Crippen LogP contribution is -2.35. The van der Waals surface area contributed by atoms with Crippen molar-refractivity contribution in [3.63, 3.8) is 0 Å². The van der Waals surface area contributed by atoms with Gasteiger partial charge in [-0.3, -0.25) is 0 Å². The number of aromatic nitrogens is 2. The smallest absolute Gasteiger partial charge is 0.227 e. The maximum absolute atomic E-state index is 6.15. The van der Waals surface area contributed by atoms with Crippen LogP contribution in [0.5, 0.6) is 5.75 Å². The predicted molar refractivity (Wildman–Crippen MR) is 97.4 cm³/mol. The average molecular weight is 350 g/mol. The Labute approximate surface area is 153 Å². The van der Waals surface area contributed by atoms with Crippen LogP contribution in [0.4, 0.5) is 0 Å². The molecular formula is C21H22N2O3. The van der Waals surface area contributed by atoms with Gasteiger partial charge in [0.1, 0.15) is 5.75 Å². The van der Waals surface area contributed by atoms with Crippen molar-refractivity contribution >= 4 is 0 Å². The molecule has 1 aromatic heterocycles. The van der Waals surface area contributed by atoms with Crippen LogP contribution in [0.25, 0.3) is 0 Å². The van der Waals surface area contributed by atoms with Crippen LogP contribution >= 0.6 is 0 Å². The number of nitrogens with zero attached hydrogens (tertiary/aromatic N) is 2. The van der Waals surface area contributed by atoms with Crippen molar-refractivity contribution < 1.29 is 13.9 Å². The highest BCUT2D eigenvalue weighted by Crippen LogP contribution is 2.40. The lowest BCUT2D eigenvalue weighted by atomic mass is 9.74. The van der Waals surface area contributed by atoms with Crippen molar-refractivity contribution in [3.05, 3.63) is 77.5 Å². The minimum atomic E-state index is -0.272.